The van der Waals surface area contributed by atoms with Crippen molar-refractivity contribution in [1.29, 1.82) is 0 Å². The van der Waals surface area contributed by atoms with Crippen LogP contribution in [0.3, 0.4) is 0 Å². The van der Waals surface area contributed by atoms with E-state index in [9.17, 15) is 20.0 Å². The van der Waals surface area contributed by atoms with Crippen LogP contribution in [0.15, 0.2) is 18.2 Å². The van der Waals surface area contributed by atoms with Crippen LogP contribution in [-0.4, -0.2) is 35.1 Å². The van der Waals surface area contributed by atoms with Crippen molar-refractivity contribution in [2.75, 3.05) is 18.0 Å². The number of rotatable bonds is 7. The van der Waals surface area contributed by atoms with Crippen molar-refractivity contribution in [3.63, 3.8) is 0 Å². The van der Waals surface area contributed by atoms with E-state index in [-0.39, 0.29) is 29.7 Å². The smallest absolute Gasteiger partial charge is 0.275 e. The Morgan fingerprint density at radius 1 is 1.48 bits per heavy atom. The molecule has 0 aliphatic rings. The van der Waals surface area contributed by atoms with Crippen molar-refractivity contribution in [1.82, 2.24) is 5.32 Å². The molecule has 2 N–H and O–H groups in total. The zero-order chi connectivity index (χ0) is 16.0. The highest BCUT2D eigenvalue weighted by atomic mass is 16.6. The normalized spacial score (nSPS) is 10.5. The maximum atomic E-state index is 11.8. The number of likely N-dealkylation sites (N-methyl/N-ethyl adjacent to an activating group) is 1. The quantitative estimate of drug-likeness (QED) is 0.586. The number of hydrogen-bond donors (Lipinski definition) is 2. The van der Waals surface area contributed by atoms with Gasteiger partial charge in [0, 0.05) is 24.3 Å². The van der Waals surface area contributed by atoms with E-state index in [2.05, 4.69) is 5.32 Å². The number of carbonyl (C=O) groups is 1. The summed E-state index contributed by atoms with van der Waals surface area (Å²) in [5.74, 6) is -0.115. The second-order valence-electron chi connectivity index (χ2n) is 4.96. The molecule has 0 aliphatic carbocycles. The average Bonchev–Trinajstić information content (AvgIpc) is 2.43. The van der Waals surface area contributed by atoms with E-state index in [4.69, 9.17) is 0 Å². The van der Waals surface area contributed by atoms with Crippen LogP contribution in [-0.2, 0) is 11.4 Å². The molecular formula is C14H21N3O4. The number of aliphatic hydroxyl groups excluding tert-OH is 1. The molecule has 0 spiro atoms. The standard InChI is InChI=1S/C14H21N3O4/c1-4-16(8-14(19)15-10(2)3)12-5-6-13(17(20)21)11(7-12)9-18/h5-7,10,18H,4,8-9H2,1-3H3,(H,15,19). The highest BCUT2D eigenvalue weighted by Crippen LogP contribution is 2.25. The summed E-state index contributed by atoms with van der Waals surface area (Å²) in [5.41, 5.74) is 0.787. The molecule has 1 amide bonds. The zero-order valence-corrected chi connectivity index (χ0v) is 12.5. The van der Waals surface area contributed by atoms with E-state index in [0.717, 1.165) is 0 Å². The first kappa shape index (κ1) is 16.9. The minimum Gasteiger partial charge on any atom is -0.391 e. The van der Waals surface area contributed by atoms with Gasteiger partial charge in [-0.25, -0.2) is 0 Å². The van der Waals surface area contributed by atoms with Crippen molar-refractivity contribution in [2.45, 2.75) is 33.4 Å². The van der Waals surface area contributed by atoms with Gasteiger partial charge in [-0.2, -0.15) is 0 Å². The van der Waals surface area contributed by atoms with Crippen LogP contribution in [0.25, 0.3) is 0 Å². The molecule has 7 nitrogen and oxygen atoms in total. The van der Waals surface area contributed by atoms with Gasteiger partial charge < -0.3 is 15.3 Å². The van der Waals surface area contributed by atoms with Gasteiger partial charge in [0.25, 0.3) is 5.69 Å². The summed E-state index contributed by atoms with van der Waals surface area (Å²) in [7, 11) is 0. The number of benzene rings is 1. The van der Waals surface area contributed by atoms with Gasteiger partial charge in [0.2, 0.25) is 5.91 Å². The van der Waals surface area contributed by atoms with Crippen LogP contribution in [0.5, 0.6) is 0 Å². The first-order chi connectivity index (χ1) is 9.88. The van der Waals surface area contributed by atoms with Crippen molar-refractivity contribution in [3.8, 4) is 0 Å². The summed E-state index contributed by atoms with van der Waals surface area (Å²) < 4.78 is 0. The number of anilines is 1. The average molecular weight is 295 g/mol. The molecule has 0 atom stereocenters. The third-order valence-corrected chi connectivity index (χ3v) is 2.96. The lowest BCUT2D eigenvalue weighted by Gasteiger charge is -2.23. The molecule has 116 valence electrons. The lowest BCUT2D eigenvalue weighted by molar-refractivity contribution is -0.385. The molecule has 1 rings (SSSR count). The van der Waals surface area contributed by atoms with Gasteiger partial charge in [0.15, 0.2) is 0 Å². The monoisotopic (exact) mass is 295 g/mol. The molecule has 1 aromatic rings. The molecule has 0 unspecified atom stereocenters. The fourth-order valence-electron chi connectivity index (χ4n) is 2.00. The number of carbonyl (C=O) groups excluding carboxylic acids is 1. The lowest BCUT2D eigenvalue weighted by atomic mass is 10.1. The van der Waals surface area contributed by atoms with Crippen molar-refractivity contribution in [3.05, 3.63) is 33.9 Å². The third-order valence-electron chi connectivity index (χ3n) is 2.96. The number of nitrogens with zero attached hydrogens (tertiary/aromatic N) is 2. The Labute approximate surface area is 123 Å². The summed E-state index contributed by atoms with van der Waals surface area (Å²) in [4.78, 5) is 23.9. The molecule has 1 aromatic carbocycles. The van der Waals surface area contributed by atoms with Crippen LogP contribution in [0.2, 0.25) is 0 Å². The molecule has 0 heterocycles. The van der Waals surface area contributed by atoms with Crippen LogP contribution in [0, 0.1) is 10.1 Å². The third kappa shape index (κ3) is 4.71. The van der Waals surface area contributed by atoms with Crippen molar-refractivity contribution >= 4 is 17.3 Å². The van der Waals surface area contributed by atoms with E-state index >= 15 is 0 Å². The molecule has 0 aliphatic heterocycles. The number of amides is 1. The van der Waals surface area contributed by atoms with Gasteiger partial charge in [-0.1, -0.05) is 0 Å². The molecular weight excluding hydrogens is 274 g/mol. The van der Waals surface area contributed by atoms with Gasteiger partial charge in [-0.15, -0.1) is 0 Å². The van der Waals surface area contributed by atoms with Crippen LogP contribution < -0.4 is 10.2 Å². The van der Waals surface area contributed by atoms with Gasteiger partial charge in [0.1, 0.15) is 0 Å². The van der Waals surface area contributed by atoms with Crippen LogP contribution in [0.1, 0.15) is 26.3 Å². The fourth-order valence-corrected chi connectivity index (χ4v) is 2.00. The highest BCUT2D eigenvalue weighted by molar-refractivity contribution is 5.81. The maximum Gasteiger partial charge on any atom is 0.275 e. The summed E-state index contributed by atoms with van der Waals surface area (Å²) in [6.45, 7) is 5.97. The zero-order valence-electron chi connectivity index (χ0n) is 12.5. The Hall–Kier alpha value is -2.15. The summed E-state index contributed by atoms with van der Waals surface area (Å²) in [5, 5.41) is 22.9. The SMILES string of the molecule is CCN(CC(=O)NC(C)C)c1ccc([N+](=O)[O-])c(CO)c1. The summed E-state index contributed by atoms with van der Waals surface area (Å²) in [6.07, 6.45) is 0. The minimum atomic E-state index is -0.531. The second kappa shape index (κ2) is 7.58. The Morgan fingerprint density at radius 2 is 2.14 bits per heavy atom. The first-order valence-corrected chi connectivity index (χ1v) is 6.81. The van der Waals surface area contributed by atoms with Crippen molar-refractivity contribution < 1.29 is 14.8 Å². The molecule has 0 bridgehead atoms. The topological polar surface area (TPSA) is 95.7 Å². The van der Waals surface area contributed by atoms with Crippen molar-refractivity contribution in [2.24, 2.45) is 0 Å². The van der Waals surface area contributed by atoms with E-state index in [1.165, 1.54) is 6.07 Å². The van der Waals surface area contributed by atoms with E-state index in [1.807, 2.05) is 20.8 Å². The Kier molecular flexibility index (Phi) is 6.10. The fraction of sp³-hybridized carbons (Fsp3) is 0.500. The van der Waals surface area contributed by atoms with Crippen LogP contribution >= 0.6 is 0 Å². The van der Waals surface area contributed by atoms with Gasteiger partial charge in [-0.05, 0) is 32.9 Å². The second-order valence-corrected chi connectivity index (χ2v) is 4.96. The van der Waals surface area contributed by atoms with E-state index < -0.39 is 11.5 Å². The molecule has 21 heavy (non-hydrogen) atoms. The Morgan fingerprint density at radius 3 is 2.62 bits per heavy atom. The summed E-state index contributed by atoms with van der Waals surface area (Å²) in [6, 6.07) is 4.54. The lowest BCUT2D eigenvalue weighted by Crippen LogP contribution is -2.40. The number of nitro groups is 1. The highest BCUT2D eigenvalue weighted by Gasteiger charge is 2.17. The molecule has 0 saturated carbocycles. The van der Waals surface area contributed by atoms with Crippen LogP contribution in [0.4, 0.5) is 11.4 Å². The van der Waals surface area contributed by atoms with Gasteiger partial charge in [-0.3, -0.25) is 14.9 Å². The minimum absolute atomic E-state index is 0.0565. The van der Waals surface area contributed by atoms with Gasteiger partial charge in [0.05, 0.1) is 23.6 Å². The predicted octanol–water partition coefficient (Wildman–Crippen LogP) is 1.44. The summed E-state index contributed by atoms with van der Waals surface area (Å²) >= 11 is 0. The molecule has 7 heteroatoms. The number of aliphatic hydroxyl groups is 1. The largest absolute Gasteiger partial charge is 0.391 e. The molecule has 0 radical (unpaired) electrons. The number of nitrogens with one attached hydrogen (secondary N) is 1. The molecule has 0 fully saturated rings. The number of nitro benzene ring substituents is 1. The number of hydrogen-bond acceptors (Lipinski definition) is 5. The Bertz CT molecular complexity index is 517. The van der Waals surface area contributed by atoms with E-state index in [0.29, 0.717) is 12.2 Å². The predicted molar refractivity (Wildman–Crippen MR) is 80.2 cm³/mol. The van der Waals surface area contributed by atoms with E-state index in [1.54, 1.807) is 17.0 Å². The molecule has 0 saturated heterocycles. The Balaban J connectivity index is 2.95. The maximum absolute atomic E-state index is 11.8. The molecule has 0 aromatic heterocycles. The van der Waals surface area contributed by atoms with Gasteiger partial charge >= 0.3 is 0 Å². The first-order valence-electron chi connectivity index (χ1n) is 6.81.